The molecule has 0 spiro atoms. The molecule has 0 saturated carbocycles. The van der Waals surface area contributed by atoms with Gasteiger partial charge in [-0.1, -0.05) is 6.92 Å². The molecule has 0 aliphatic heterocycles. The zero-order valence-electron chi connectivity index (χ0n) is 10.6. The Kier molecular flexibility index (Phi) is 5.36. The highest BCUT2D eigenvalue weighted by molar-refractivity contribution is 5.91. The van der Waals surface area contributed by atoms with Crippen molar-refractivity contribution in [3.63, 3.8) is 0 Å². The Labute approximate surface area is 113 Å². The van der Waals surface area contributed by atoms with Gasteiger partial charge < -0.3 is 15.3 Å². The minimum absolute atomic E-state index is 0.109. The molecule has 1 rings (SSSR count). The van der Waals surface area contributed by atoms with E-state index in [-0.39, 0.29) is 6.54 Å². The Morgan fingerprint density at radius 3 is 2.50 bits per heavy atom. The van der Waals surface area contributed by atoms with Gasteiger partial charge in [-0.15, -0.1) is 0 Å². The summed E-state index contributed by atoms with van der Waals surface area (Å²) in [5.74, 6) is -5.16. The maximum atomic E-state index is 13.4. The van der Waals surface area contributed by atoms with Crippen LogP contribution in [0.4, 0.5) is 23.7 Å². The van der Waals surface area contributed by atoms with E-state index in [2.05, 4.69) is 0 Å². The summed E-state index contributed by atoms with van der Waals surface area (Å²) in [5.41, 5.74) is -0.681. The molecule has 0 aliphatic carbocycles. The number of amides is 2. The molecule has 0 atom stereocenters. The molecular weight excluding hydrogens is 277 g/mol. The highest BCUT2D eigenvalue weighted by Gasteiger charge is 2.19. The summed E-state index contributed by atoms with van der Waals surface area (Å²) in [7, 11) is 0. The van der Waals surface area contributed by atoms with Crippen LogP contribution in [-0.4, -0.2) is 35.1 Å². The van der Waals surface area contributed by atoms with Gasteiger partial charge in [-0.25, -0.2) is 18.0 Å². The number of carboxylic acids is 1. The van der Waals surface area contributed by atoms with Gasteiger partial charge in [-0.2, -0.15) is 0 Å². The van der Waals surface area contributed by atoms with E-state index in [0.29, 0.717) is 18.6 Å². The fraction of sp³-hybridized carbons (Fsp3) is 0.333. The molecular formula is C12H13F3N2O3. The summed E-state index contributed by atoms with van der Waals surface area (Å²) in [6.45, 7) is 1.22. The molecule has 1 aromatic rings. The number of rotatable bonds is 5. The summed E-state index contributed by atoms with van der Waals surface area (Å²) in [5, 5.41) is 10.6. The first kappa shape index (κ1) is 15.8. The molecule has 0 saturated heterocycles. The van der Waals surface area contributed by atoms with Gasteiger partial charge >= 0.3 is 12.0 Å². The van der Waals surface area contributed by atoms with E-state index in [1.54, 1.807) is 6.92 Å². The lowest BCUT2D eigenvalue weighted by Gasteiger charge is -2.20. The molecule has 8 heteroatoms. The topological polar surface area (TPSA) is 69.6 Å². The zero-order valence-corrected chi connectivity index (χ0v) is 10.6. The third-order valence-corrected chi connectivity index (χ3v) is 2.34. The second-order valence-corrected chi connectivity index (χ2v) is 3.99. The molecule has 0 unspecified atom stereocenters. The first-order chi connectivity index (χ1) is 9.35. The quantitative estimate of drug-likeness (QED) is 0.818. The monoisotopic (exact) mass is 290 g/mol. The van der Waals surface area contributed by atoms with Gasteiger partial charge in [0.15, 0.2) is 11.6 Å². The van der Waals surface area contributed by atoms with Crippen molar-refractivity contribution in [2.45, 2.75) is 13.3 Å². The molecule has 110 valence electrons. The maximum absolute atomic E-state index is 13.4. The average Bonchev–Trinajstić information content (AvgIpc) is 2.34. The molecule has 20 heavy (non-hydrogen) atoms. The number of hydrogen-bond acceptors (Lipinski definition) is 2. The van der Waals surface area contributed by atoms with Gasteiger partial charge in [-0.3, -0.25) is 4.79 Å². The standard InChI is InChI=1S/C12H13F3N2O3/c1-2-3-17(6-10(18)19)12(20)16-9-5-7(13)4-8(14)11(9)15/h4-5H,2-3,6H2,1H3,(H,16,20)(H,18,19). The van der Waals surface area contributed by atoms with Crippen LogP contribution in [0.25, 0.3) is 0 Å². The molecule has 1 aromatic carbocycles. The smallest absolute Gasteiger partial charge is 0.323 e. The summed E-state index contributed by atoms with van der Waals surface area (Å²) < 4.78 is 39.3. The minimum atomic E-state index is -1.44. The third-order valence-electron chi connectivity index (χ3n) is 2.34. The first-order valence-corrected chi connectivity index (χ1v) is 5.77. The minimum Gasteiger partial charge on any atom is -0.480 e. The Bertz CT molecular complexity index is 523. The largest absolute Gasteiger partial charge is 0.480 e. The zero-order chi connectivity index (χ0) is 15.3. The van der Waals surface area contributed by atoms with E-state index >= 15 is 0 Å². The molecule has 0 radical (unpaired) electrons. The lowest BCUT2D eigenvalue weighted by Crippen LogP contribution is -2.39. The van der Waals surface area contributed by atoms with Crippen LogP contribution in [0.5, 0.6) is 0 Å². The molecule has 2 N–H and O–H groups in total. The summed E-state index contributed by atoms with van der Waals surface area (Å²) in [6.07, 6.45) is 0.473. The molecule has 0 aromatic heterocycles. The van der Waals surface area contributed by atoms with Crippen LogP contribution in [0, 0.1) is 17.5 Å². The van der Waals surface area contributed by atoms with Crippen molar-refractivity contribution in [3.05, 3.63) is 29.6 Å². The van der Waals surface area contributed by atoms with Gasteiger partial charge in [-0.05, 0) is 6.42 Å². The van der Waals surface area contributed by atoms with Crippen LogP contribution in [0.3, 0.4) is 0 Å². The van der Waals surface area contributed by atoms with E-state index in [9.17, 15) is 22.8 Å². The lowest BCUT2D eigenvalue weighted by atomic mass is 10.3. The van der Waals surface area contributed by atoms with E-state index < -0.39 is 41.7 Å². The molecule has 0 fully saturated rings. The number of anilines is 1. The van der Waals surface area contributed by atoms with Crippen LogP contribution in [0.15, 0.2) is 12.1 Å². The van der Waals surface area contributed by atoms with Crippen molar-refractivity contribution in [3.8, 4) is 0 Å². The van der Waals surface area contributed by atoms with Gasteiger partial charge in [0, 0.05) is 18.7 Å². The first-order valence-electron chi connectivity index (χ1n) is 5.77. The van der Waals surface area contributed by atoms with E-state index in [1.165, 1.54) is 0 Å². The van der Waals surface area contributed by atoms with Crippen molar-refractivity contribution in [2.75, 3.05) is 18.4 Å². The third kappa shape index (κ3) is 4.15. The molecule has 0 aliphatic rings. The molecule has 0 heterocycles. The number of urea groups is 1. The number of halogens is 3. The number of hydrogen-bond donors (Lipinski definition) is 2. The van der Waals surface area contributed by atoms with E-state index in [1.807, 2.05) is 5.32 Å². The molecule has 5 nitrogen and oxygen atoms in total. The van der Waals surface area contributed by atoms with Crippen molar-refractivity contribution in [1.29, 1.82) is 0 Å². The predicted octanol–water partition coefficient (Wildman–Crippen LogP) is 2.43. The van der Waals surface area contributed by atoms with E-state index in [0.717, 1.165) is 4.90 Å². The number of carbonyl (C=O) groups excluding carboxylic acids is 1. The van der Waals surface area contributed by atoms with Crippen molar-refractivity contribution in [1.82, 2.24) is 4.90 Å². The average molecular weight is 290 g/mol. The van der Waals surface area contributed by atoms with Gasteiger partial charge in [0.2, 0.25) is 0 Å². The normalized spacial score (nSPS) is 10.2. The fourth-order valence-electron chi connectivity index (χ4n) is 1.53. The maximum Gasteiger partial charge on any atom is 0.323 e. The summed E-state index contributed by atoms with van der Waals surface area (Å²) >= 11 is 0. The Morgan fingerprint density at radius 2 is 1.95 bits per heavy atom. The van der Waals surface area contributed by atoms with Crippen molar-refractivity contribution < 1.29 is 27.9 Å². The number of carboxylic acid groups (broad SMARTS) is 1. The van der Waals surface area contributed by atoms with Crippen LogP contribution in [0.2, 0.25) is 0 Å². The second kappa shape index (κ2) is 6.78. The van der Waals surface area contributed by atoms with Gasteiger partial charge in [0.1, 0.15) is 12.4 Å². The highest BCUT2D eigenvalue weighted by atomic mass is 19.2. The molecule has 2 amide bonds. The fourth-order valence-corrected chi connectivity index (χ4v) is 1.53. The number of nitrogens with one attached hydrogen (secondary N) is 1. The molecule has 0 bridgehead atoms. The summed E-state index contributed by atoms with van der Waals surface area (Å²) in [6, 6.07) is 0.00549. The summed E-state index contributed by atoms with van der Waals surface area (Å²) in [4.78, 5) is 23.2. The SMILES string of the molecule is CCCN(CC(=O)O)C(=O)Nc1cc(F)cc(F)c1F. The van der Waals surface area contributed by atoms with Crippen LogP contribution >= 0.6 is 0 Å². The van der Waals surface area contributed by atoms with Crippen LogP contribution in [-0.2, 0) is 4.79 Å². The van der Waals surface area contributed by atoms with Gasteiger partial charge in [0.25, 0.3) is 0 Å². The Morgan fingerprint density at radius 1 is 1.30 bits per heavy atom. The lowest BCUT2D eigenvalue weighted by molar-refractivity contribution is -0.137. The number of benzene rings is 1. The van der Waals surface area contributed by atoms with Crippen LogP contribution < -0.4 is 5.32 Å². The number of nitrogens with zero attached hydrogens (tertiary/aromatic N) is 1. The number of aliphatic carboxylic acids is 1. The highest BCUT2D eigenvalue weighted by Crippen LogP contribution is 2.19. The second-order valence-electron chi connectivity index (χ2n) is 3.99. The van der Waals surface area contributed by atoms with Crippen molar-refractivity contribution in [2.24, 2.45) is 0 Å². The Balaban J connectivity index is 2.90. The van der Waals surface area contributed by atoms with E-state index in [4.69, 9.17) is 5.11 Å². The Hall–Kier alpha value is -2.25. The van der Waals surface area contributed by atoms with Crippen LogP contribution in [0.1, 0.15) is 13.3 Å². The van der Waals surface area contributed by atoms with Gasteiger partial charge in [0.05, 0.1) is 5.69 Å². The van der Waals surface area contributed by atoms with Crippen molar-refractivity contribution >= 4 is 17.7 Å². The number of carbonyl (C=O) groups is 2. The predicted molar refractivity (Wildman–Crippen MR) is 64.8 cm³/mol.